The third-order valence-electron chi connectivity index (χ3n) is 11.4. The number of pyridine rings is 1. The number of likely N-dealkylation sites (tertiary alicyclic amines) is 2. The van der Waals surface area contributed by atoms with Gasteiger partial charge in [-0.25, -0.2) is 4.98 Å². The maximum atomic E-state index is 13.4. The lowest BCUT2D eigenvalue weighted by Gasteiger charge is -2.33. The second-order valence-corrected chi connectivity index (χ2v) is 14.4. The van der Waals surface area contributed by atoms with E-state index in [1.807, 2.05) is 29.7 Å². The minimum atomic E-state index is -0.148. The third kappa shape index (κ3) is 6.13. The highest BCUT2D eigenvalue weighted by atomic mass is 16.2. The predicted molar refractivity (Wildman–Crippen MR) is 190 cm³/mol. The van der Waals surface area contributed by atoms with Crippen molar-refractivity contribution in [3.05, 3.63) is 101 Å². The SMILES string of the molecule is C=C(NC(C1=Cc2cccnc2C(=C2CCN(C(=O)CC3CCN(C=O)CC3)CC2)c2ccc(C)cc21)c1cncn1C)C1(CC)CC1. The number of piperidine rings is 2. The number of nitrogens with zero attached hydrogens (tertiary/aromatic N) is 5. The van der Waals surface area contributed by atoms with Gasteiger partial charge in [0.1, 0.15) is 0 Å². The largest absolute Gasteiger partial charge is 0.376 e. The number of nitrogens with one attached hydrogen (secondary N) is 1. The number of amides is 2. The van der Waals surface area contributed by atoms with Crippen LogP contribution in [0.3, 0.4) is 0 Å². The first kappa shape index (κ1) is 32.1. The van der Waals surface area contributed by atoms with Crippen LogP contribution in [0.15, 0.2) is 66.9 Å². The fraction of sp³-hybridized carbons (Fsp3) is 0.450. The third-order valence-corrected chi connectivity index (χ3v) is 11.4. The molecule has 0 radical (unpaired) electrons. The van der Waals surface area contributed by atoms with E-state index in [2.05, 4.69) is 77.6 Å². The summed E-state index contributed by atoms with van der Waals surface area (Å²) in [5.41, 5.74) is 11.8. The lowest BCUT2D eigenvalue weighted by molar-refractivity contribution is -0.133. The molecule has 1 aromatic carbocycles. The van der Waals surface area contributed by atoms with E-state index in [-0.39, 0.29) is 17.4 Å². The van der Waals surface area contributed by atoms with Crippen LogP contribution in [0.25, 0.3) is 17.2 Å². The summed E-state index contributed by atoms with van der Waals surface area (Å²) in [6, 6.07) is 10.9. The lowest BCUT2D eigenvalue weighted by atomic mass is 9.85. The molecule has 8 heteroatoms. The van der Waals surface area contributed by atoms with Gasteiger partial charge in [-0.2, -0.15) is 0 Å². The molecule has 1 atom stereocenters. The first-order chi connectivity index (χ1) is 23.3. The first-order valence-corrected chi connectivity index (χ1v) is 17.7. The molecule has 2 aliphatic carbocycles. The highest BCUT2D eigenvalue weighted by Crippen LogP contribution is 2.54. The Balaban J connectivity index is 1.24. The Morgan fingerprint density at radius 2 is 1.90 bits per heavy atom. The molecule has 3 aromatic rings. The topological polar surface area (TPSA) is 83.4 Å². The molecule has 4 aliphatic rings. The molecule has 7 rings (SSSR count). The number of imidazole rings is 1. The Morgan fingerprint density at radius 1 is 1.12 bits per heavy atom. The molecule has 2 amide bonds. The number of carbonyl (C=O) groups is 2. The van der Waals surface area contributed by atoms with Crippen molar-refractivity contribution in [2.45, 2.75) is 71.3 Å². The van der Waals surface area contributed by atoms with Gasteiger partial charge in [0.15, 0.2) is 0 Å². The number of aromatic nitrogens is 3. The van der Waals surface area contributed by atoms with Crippen LogP contribution in [0, 0.1) is 18.3 Å². The normalized spacial score (nSPS) is 19.5. The van der Waals surface area contributed by atoms with Crippen molar-refractivity contribution >= 4 is 29.5 Å². The Morgan fingerprint density at radius 3 is 2.56 bits per heavy atom. The average molecular weight is 645 g/mol. The number of hydrogen-bond acceptors (Lipinski definition) is 5. The van der Waals surface area contributed by atoms with Gasteiger partial charge in [-0.15, -0.1) is 0 Å². The second kappa shape index (κ2) is 13.2. The van der Waals surface area contributed by atoms with E-state index in [0.717, 1.165) is 74.3 Å². The van der Waals surface area contributed by atoms with E-state index in [4.69, 9.17) is 4.98 Å². The van der Waals surface area contributed by atoms with Gasteiger partial charge in [-0.3, -0.25) is 14.6 Å². The van der Waals surface area contributed by atoms with E-state index in [9.17, 15) is 9.59 Å². The minimum Gasteiger partial charge on any atom is -0.376 e. The van der Waals surface area contributed by atoms with Crippen LogP contribution in [-0.2, 0) is 16.6 Å². The summed E-state index contributed by atoms with van der Waals surface area (Å²) in [5, 5.41) is 3.93. The van der Waals surface area contributed by atoms with E-state index < -0.39 is 0 Å². The summed E-state index contributed by atoms with van der Waals surface area (Å²) >= 11 is 0. The smallest absolute Gasteiger partial charge is 0.222 e. The summed E-state index contributed by atoms with van der Waals surface area (Å²) in [6.45, 7) is 12.0. The molecule has 2 aliphatic heterocycles. The number of allylic oxidation sites excluding steroid dienone is 1. The Bertz CT molecular complexity index is 1780. The minimum absolute atomic E-state index is 0.148. The van der Waals surface area contributed by atoms with Gasteiger partial charge in [0.25, 0.3) is 0 Å². The summed E-state index contributed by atoms with van der Waals surface area (Å²) in [6.07, 6.45) is 16.5. The number of hydrogen-bond donors (Lipinski definition) is 1. The monoisotopic (exact) mass is 644 g/mol. The highest BCUT2D eigenvalue weighted by molar-refractivity contribution is 5.99. The summed E-state index contributed by atoms with van der Waals surface area (Å²) in [5.74, 6) is 0.601. The van der Waals surface area contributed by atoms with Crippen LogP contribution < -0.4 is 5.32 Å². The number of carbonyl (C=O) groups excluding carboxylic acids is 2. The number of fused-ring (bicyclic) bond motifs is 2. The summed E-state index contributed by atoms with van der Waals surface area (Å²) in [4.78, 5) is 38.0. The Kier molecular flexibility index (Phi) is 8.84. The van der Waals surface area contributed by atoms with Crippen LogP contribution in [0.1, 0.15) is 98.0 Å². The van der Waals surface area contributed by atoms with Crippen LogP contribution in [-0.4, -0.2) is 62.8 Å². The van der Waals surface area contributed by atoms with E-state index in [0.29, 0.717) is 25.4 Å². The molecule has 1 unspecified atom stereocenters. The van der Waals surface area contributed by atoms with Crippen LogP contribution in [0.2, 0.25) is 0 Å². The molecule has 2 aromatic heterocycles. The summed E-state index contributed by atoms with van der Waals surface area (Å²) in [7, 11) is 2.06. The number of benzene rings is 1. The maximum absolute atomic E-state index is 13.4. The molecule has 250 valence electrons. The van der Waals surface area contributed by atoms with Gasteiger partial charge >= 0.3 is 0 Å². The van der Waals surface area contributed by atoms with Crippen molar-refractivity contribution in [3.8, 4) is 0 Å². The van der Waals surface area contributed by atoms with E-state index in [1.165, 1.54) is 46.3 Å². The van der Waals surface area contributed by atoms with E-state index in [1.54, 1.807) is 0 Å². The molecule has 0 spiro atoms. The maximum Gasteiger partial charge on any atom is 0.222 e. The Hall–Kier alpha value is -4.46. The molecule has 48 heavy (non-hydrogen) atoms. The van der Waals surface area contributed by atoms with Crippen molar-refractivity contribution in [3.63, 3.8) is 0 Å². The van der Waals surface area contributed by atoms with E-state index >= 15 is 0 Å². The van der Waals surface area contributed by atoms with Gasteiger partial charge in [-0.05, 0) is 86.6 Å². The zero-order chi connectivity index (χ0) is 33.4. The van der Waals surface area contributed by atoms with Crippen LogP contribution in [0.4, 0.5) is 0 Å². The number of rotatable bonds is 9. The second-order valence-electron chi connectivity index (χ2n) is 14.4. The van der Waals surface area contributed by atoms with Crippen molar-refractivity contribution in [2.24, 2.45) is 18.4 Å². The zero-order valence-corrected chi connectivity index (χ0v) is 28.7. The van der Waals surface area contributed by atoms with Gasteiger partial charge in [0.2, 0.25) is 12.3 Å². The quantitative estimate of drug-likeness (QED) is 0.263. The van der Waals surface area contributed by atoms with Crippen LogP contribution in [0.5, 0.6) is 0 Å². The lowest BCUT2D eigenvalue weighted by Crippen LogP contribution is -2.39. The molecule has 8 nitrogen and oxygen atoms in total. The van der Waals surface area contributed by atoms with Crippen molar-refractivity contribution in [2.75, 3.05) is 26.2 Å². The van der Waals surface area contributed by atoms with Gasteiger partial charge in [0, 0.05) is 68.1 Å². The van der Waals surface area contributed by atoms with Gasteiger partial charge in [-0.1, -0.05) is 48.9 Å². The number of aryl methyl sites for hydroxylation is 2. The molecule has 1 N–H and O–H groups in total. The highest BCUT2D eigenvalue weighted by Gasteiger charge is 2.44. The zero-order valence-electron chi connectivity index (χ0n) is 28.7. The average Bonchev–Trinajstić information content (AvgIpc) is 3.83. The molecular formula is C40H48N6O2. The summed E-state index contributed by atoms with van der Waals surface area (Å²) < 4.78 is 2.11. The molecule has 1 saturated carbocycles. The van der Waals surface area contributed by atoms with Crippen molar-refractivity contribution < 1.29 is 9.59 Å². The molecule has 0 bridgehead atoms. The fourth-order valence-electron chi connectivity index (χ4n) is 8.05. The Labute approximate surface area is 284 Å². The van der Waals surface area contributed by atoms with Gasteiger partial charge in [0.05, 0.1) is 30.0 Å². The molecule has 2 saturated heterocycles. The molecule has 4 heterocycles. The van der Waals surface area contributed by atoms with Crippen molar-refractivity contribution in [1.82, 2.24) is 29.7 Å². The fourth-order valence-corrected chi connectivity index (χ4v) is 8.05. The van der Waals surface area contributed by atoms with Crippen molar-refractivity contribution in [1.29, 1.82) is 0 Å². The molecular weight excluding hydrogens is 596 g/mol. The van der Waals surface area contributed by atoms with Gasteiger partial charge < -0.3 is 19.7 Å². The van der Waals surface area contributed by atoms with Crippen LogP contribution >= 0.6 is 0 Å². The first-order valence-electron chi connectivity index (χ1n) is 17.7. The standard InChI is InChI=1S/C40H48N6O2/c1-5-40(14-15-40)28(3)43-39(35-24-41-25-44(35)4)34-23-31-7-6-16-42-38(31)37(32-9-8-27(2)21-33(32)34)30-12-19-46(20-13-30)36(48)22-29-10-17-45(26-47)18-11-29/h6-9,16,21,23-26,29,39,43H,3,5,10-15,17-20,22H2,1-2,4H3. The molecule has 3 fully saturated rings. The predicted octanol–water partition coefficient (Wildman–Crippen LogP) is 6.70.